The molecule has 3 amide bonds. The Hall–Kier alpha value is -2.45. The molecule has 2 rings (SSSR count). The number of Topliss-reactive ketones (excluding diaryl/α,β-unsaturated/α-hetero) is 2. The van der Waals surface area contributed by atoms with Gasteiger partial charge in [-0.2, -0.15) is 0 Å². The van der Waals surface area contributed by atoms with Crippen molar-refractivity contribution < 1.29 is 28.7 Å². The highest BCUT2D eigenvalue weighted by Gasteiger charge is 2.39. The Morgan fingerprint density at radius 1 is 1.06 bits per heavy atom. The molecule has 0 aromatic rings. The summed E-state index contributed by atoms with van der Waals surface area (Å²) in [4.78, 5) is 65.6. The molecule has 204 valence electrons. The minimum absolute atomic E-state index is 0.108. The highest BCUT2D eigenvalue weighted by atomic mass is 16.6. The molecule has 1 heterocycles. The van der Waals surface area contributed by atoms with Crippen LogP contribution in [0.5, 0.6) is 0 Å². The Balaban J connectivity index is 2.28. The SMILES string of the molecule is CC(C)C[C@@H](C(=O)CC(CC1CC1)C(=O)C(N)=O)N1CCCCCC[C@H](NC(=O)OC(C)(C)C)C1=O. The van der Waals surface area contributed by atoms with E-state index in [4.69, 9.17) is 10.5 Å². The van der Waals surface area contributed by atoms with E-state index in [1.54, 1.807) is 25.7 Å². The molecule has 0 radical (unpaired) electrons. The van der Waals surface area contributed by atoms with Gasteiger partial charge < -0.3 is 20.7 Å². The first kappa shape index (κ1) is 29.8. The number of hydrogen-bond acceptors (Lipinski definition) is 6. The van der Waals surface area contributed by atoms with Crippen LogP contribution in [0.25, 0.3) is 0 Å². The van der Waals surface area contributed by atoms with Crippen LogP contribution in [0.4, 0.5) is 4.79 Å². The second-order valence-corrected chi connectivity index (χ2v) is 11.9. The lowest BCUT2D eigenvalue weighted by atomic mass is 9.87. The number of rotatable bonds is 11. The van der Waals surface area contributed by atoms with Crippen LogP contribution >= 0.6 is 0 Å². The number of nitrogens with one attached hydrogen (secondary N) is 1. The second kappa shape index (κ2) is 13.2. The molecule has 0 bridgehead atoms. The molecule has 1 aliphatic heterocycles. The monoisotopic (exact) mass is 507 g/mol. The van der Waals surface area contributed by atoms with Crippen molar-refractivity contribution in [3.8, 4) is 0 Å². The number of nitrogens with zero attached hydrogens (tertiary/aromatic N) is 1. The number of ketones is 2. The van der Waals surface area contributed by atoms with E-state index in [9.17, 15) is 24.0 Å². The smallest absolute Gasteiger partial charge is 0.408 e. The zero-order chi connectivity index (χ0) is 27.0. The van der Waals surface area contributed by atoms with Gasteiger partial charge in [-0.3, -0.25) is 19.2 Å². The molecule has 9 nitrogen and oxygen atoms in total. The highest BCUT2D eigenvalue weighted by molar-refractivity contribution is 6.36. The number of amides is 3. The van der Waals surface area contributed by atoms with Crippen LogP contribution in [0.2, 0.25) is 0 Å². The number of carbonyl (C=O) groups excluding carboxylic acids is 5. The largest absolute Gasteiger partial charge is 0.444 e. The molecule has 1 unspecified atom stereocenters. The van der Waals surface area contributed by atoms with E-state index in [1.165, 1.54) is 0 Å². The summed E-state index contributed by atoms with van der Waals surface area (Å²) in [5.74, 6) is -2.56. The molecule has 0 aromatic carbocycles. The lowest BCUT2D eigenvalue weighted by Crippen LogP contribution is -2.55. The molecule has 2 aliphatic rings. The fourth-order valence-electron chi connectivity index (χ4n) is 4.81. The highest BCUT2D eigenvalue weighted by Crippen LogP contribution is 2.37. The van der Waals surface area contributed by atoms with Gasteiger partial charge in [0.25, 0.3) is 5.91 Å². The first-order chi connectivity index (χ1) is 16.8. The average molecular weight is 508 g/mol. The summed E-state index contributed by atoms with van der Waals surface area (Å²) in [5.41, 5.74) is 4.57. The molecule has 9 heteroatoms. The van der Waals surface area contributed by atoms with Crippen molar-refractivity contribution in [2.75, 3.05) is 6.54 Å². The van der Waals surface area contributed by atoms with Crippen molar-refractivity contribution in [1.82, 2.24) is 10.2 Å². The Kier molecular flexibility index (Phi) is 10.9. The van der Waals surface area contributed by atoms with Gasteiger partial charge in [-0.05, 0) is 58.3 Å². The van der Waals surface area contributed by atoms with Gasteiger partial charge in [0.15, 0.2) is 5.78 Å². The third-order valence-electron chi connectivity index (χ3n) is 6.73. The van der Waals surface area contributed by atoms with E-state index >= 15 is 0 Å². The fourth-order valence-corrected chi connectivity index (χ4v) is 4.81. The molecular formula is C27H45N3O6. The number of primary amides is 1. The Morgan fingerprint density at radius 3 is 2.25 bits per heavy atom. The number of carbonyl (C=O) groups is 5. The van der Waals surface area contributed by atoms with Crippen LogP contribution in [0.1, 0.15) is 98.8 Å². The maximum atomic E-state index is 13.8. The number of nitrogens with two attached hydrogens (primary N) is 1. The Morgan fingerprint density at radius 2 is 1.69 bits per heavy atom. The fraction of sp³-hybridized carbons (Fsp3) is 0.815. The van der Waals surface area contributed by atoms with Gasteiger partial charge in [-0.15, -0.1) is 0 Å². The van der Waals surface area contributed by atoms with Crippen molar-refractivity contribution in [3.63, 3.8) is 0 Å². The van der Waals surface area contributed by atoms with Crippen LogP contribution < -0.4 is 11.1 Å². The second-order valence-electron chi connectivity index (χ2n) is 11.9. The molecule has 1 aliphatic carbocycles. The quantitative estimate of drug-likeness (QED) is 0.411. The summed E-state index contributed by atoms with van der Waals surface area (Å²) in [5, 5.41) is 2.73. The van der Waals surface area contributed by atoms with Gasteiger partial charge in [0.05, 0.1) is 6.04 Å². The van der Waals surface area contributed by atoms with Gasteiger partial charge >= 0.3 is 6.09 Å². The summed E-state index contributed by atoms with van der Waals surface area (Å²) < 4.78 is 5.38. The molecule has 3 atom stereocenters. The van der Waals surface area contributed by atoms with Crippen molar-refractivity contribution >= 4 is 29.5 Å². The van der Waals surface area contributed by atoms with Gasteiger partial charge in [0, 0.05) is 18.9 Å². The lowest BCUT2D eigenvalue weighted by molar-refractivity contribution is -0.144. The minimum atomic E-state index is -1.02. The van der Waals surface area contributed by atoms with Gasteiger partial charge in [-0.25, -0.2) is 4.79 Å². The standard InChI is InChI=1S/C27H45N3O6/c1-17(2)14-21(22(31)16-19(15-18-11-12-18)23(32)24(28)33)30-13-9-7-6-8-10-20(25(30)34)29-26(35)36-27(3,4)5/h17-21H,6-16H2,1-5H3,(H2,28,33)(H,29,35)/t19?,20-,21-/m0/s1. The topological polar surface area (TPSA) is 136 Å². The molecular weight excluding hydrogens is 462 g/mol. The Labute approximate surface area is 215 Å². The summed E-state index contributed by atoms with van der Waals surface area (Å²) >= 11 is 0. The molecule has 1 saturated heterocycles. The van der Waals surface area contributed by atoms with E-state index < -0.39 is 41.4 Å². The van der Waals surface area contributed by atoms with Crippen molar-refractivity contribution in [1.29, 1.82) is 0 Å². The maximum Gasteiger partial charge on any atom is 0.408 e. The molecule has 0 spiro atoms. The predicted molar refractivity (Wildman–Crippen MR) is 136 cm³/mol. The summed E-state index contributed by atoms with van der Waals surface area (Å²) in [6.45, 7) is 9.62. The van der Waals surface area contributed by atoms with E-state index in [1.807, 2.05) is 13.8 Å². The van der Waals surface area contributed by atoms with E-state index in [0.717, 1.165) is 38.5 Å². The van der Waals surface area contributed by atoms with Crippen LogP contribution in [0.15, 0.2) is 0 Å². The van der Waals surface area contributed by atoms with E-state index in [2.05, 4.69) is 5.32 Å². The summed E-state index contributed by atoms with van der Waals surface area (Å²) in [6.07, 6.45) is 5.92. The van der Waals surface area contributed by atoms with Gasteiger partial charge in [0.2, 0.25) is 11.7 Å². The number of hydrogen-bond donors (Lipinski definition) is 2. The van der Waals surface area contributed by atoms with Crippen LogP contribution in [0.3, 0.4) is 0 Å². The third-order valence-corrected chi connectivity index (χ3v) is 6.73. The average Bonchev–Trinajstić information content (AvgIpc) is 3.56. The van der Waals surface area contributed by atoms with Crippen molar-refractivity contribution in [2.45, 2.75) is 117 Å². The van der Waals surface area contributed by atoms with Gasteiger partial charge in [0.1, 0.15) is 11.6 Å². The summed E-state index contributed by atoms with van der Waals surface area (Å²) in [6, 6.07) is -1.53. The first-order valence-corrected chi connectivity index (χ1v) is 13.4. The van der Waals surface area contributed by atoms with Crippen LogP contribution in [0, 0.1) is 17.8 Å². The maximum absolute atomic E-state index is 13.8. The molecule has 0 aromatic heterocycles. The lowest BCUT2D eigenvalue weighted by Gasteiger charge is -2.35. The van der Waals surface area contributed by atoms with Crippen molar-refractivity contribution in [3.05, 3.63) is 0 Å². The Bertz CT molecular complexity index is 815. The minimum Gasteiger partial charge on any atom is -0.444 e. The molecule has 1 saturated carbocycles. The normalized spacial score (nSPS) is 21.1. The van der Waals surface area contributed by atoms with Crippen LogP contribution in [-0.4, -0.2) is 58.6 Å². The zero-order valence-electron chi connectivity index (χ0n) is 22.6. The predicted octanol–water partition coefficient (Wildman–Crippen LogP) is 3.52. The summed E-state index contributed by atoms with van der Waals surface area (Å²) in [7, 11) is 0. The van der Waals surface area contributed by atoms with Gasteiger partial charge in [-0.1, -0.05) is 46.0 Å². The van der Waals surface area contributed by atoms with Crippen molar-refractivity contribution in [2.24, 2.45) is 23.5 Å². The third kappa shape index (κ3) is 9.90. The first-order valence-electron chi connectivity index (χ1n) is 13.4. The molecule has 3 N–H and O–H groups in total. The molecule has 2 fully saturated rings. The molecule has 36 heavy (non-hydrogen) atoms. The van der Waals surface area contributed by atoms with Crippen LogP contribution in [-0.2, 0) is 23.9 Å². The zero-order valence-corrected chi connectivity index (χ0v) is 22.6. The number of ether oxygens (including phenoxy) is 1. The van der Waals surface area contributed by atoms with E-state index in [0.29, 0.717) is 31.7 Å². The van der Waals surface area contributed by atoms with E-state index in [-0.39, 0.29) is 24.0 Å². The number of alkyl carbamates (subject to hydrolysis) is 1.